The minimum absolute atomic E-state index is 0.0736. The number of carbonyl (C=O) groups is 2. The van der Waals surface area contributed by atoms with E-state index in [0.717, 1.165) is 40.4 Å². The number of halogens is 1. The second-order valence-electron chi connectivity index (χ2n) is 7.17. The first-order valence-corrected chi connectivity index (χ1v) is 10.6. The number of nitrogens with one attached hydrogen (secondary N) is 2. The molecule has 1 aromatic carbocycles. The summed E-state index contributed by atoms with van der Waals surface area (Å²) in [5, 5.41) is 7.20. The summed E-state index contributed by atoms with van der Waals surface area (Å²) < 4.78 is 8.36. The number of fused-ring (bicyclic) bond motifs is 1. The van der Waals surface area contributed by atoms with Crippen molar-refractivity contribution in [3.05, 3.63) is 40.1 Å². The lowest BCUT2D eigenvalue weighted by Crippen LogP contribution is -2.34. The fourth-order valence-electron chi connectivity index (χ4n) is 3.57. The third-order valence-electron chi connectivity index (χ3n) is 5.12. The number of carbonyl (C=O) groups excluding carboxylic acids is 2. The number of aromatic nitrogens is 1. The Hall–Kier alpha value is -2.23. The number of thiocarbonyl (C=S) groups is 1. The van der Waals surface area contributed by atoms with Crippen molar-refractivity contribution in [3.63, 3.8) is 0 Å². The van der Waals surface area contributed by atoms with E-state index in [0.29, 0.717) is 17.4 Å². The molecule has 3 heterocycles. The van der Waals surface area contributed by atoms with Crippen molar-refractivity contribution in [2.75, 3.05) is 20.2 Å². The summed E-state index contributed by atoms with van der Waals surface area (Å²) in [5.41, 5.74) is 2.16. The van der Waals surface area contributed by atoms with Crippen LogP contribution in [0.1, 0.15) is 18.4 Å². The van der Waals surface area contributed by atoms with Crippen molar-refractivity contribution in [3.8, 4) is 0 Å². The second-order valence-corrected chi connectivity index (χ2v) is 8.47. The molecule has 152 valence electrons. The number of hydrogen-bond acceptors (Lipinski definition) is 4. The molecule has 1 aromatic heterocycles. The molecule has 29 heavy (non-hydrogen) atoms. The Morgan fingerprint density at radius 3 is 3.00 bits per heavy atom. The summed E-state index contributed by atoms with van der Waals surface area (Å²) in [7, 11) is 1.64. The summed E-state index contributed by atoms with van der Waals surface area (Å²) in [6.07, 6.45) is 5.79. The van der Waals surface area contributed by atoms with E-state index < -0.39 is 0 Å². The van der Waals surface area contributed by atoms with Crippen LogP contribution in [0, 0.1) is 0 Å². The molecule has 2 N–H and O–H groups in total. The summed E-state index contributed by atoms with van der Waals surface area (Å²) in [6, 6.07) is 5.86. The number of hydrogen-bond donors (Lipinski definition) is 2. The van der Waals surface area contributed by atoms with Gasteiger partial charge in [0.05, 0.1) is 6.10 Å². The van der Waals surface area contributed by atoms with Gasteiger partial charge in [0.25, 0.3) is 5.91 Å². The van der Waals surface area contributed by atoms with E-state index >= 15 is 0 Å². The van der Waals surface area contributed by atoms with Gasteiger partial charge < -0.3 is 19.9 Å². The highest BCUT2D eigenvalue weighted by Gasteiger charge is 2.27. The van der Waals surface area contributed by atoms with Crippen LogP contribution in [-0.4, -0.2) is 52.7 Å². The summed E-state index contributed by atoms with van der Waals surface area (Å²) >= 11 is 8.64. The molecule has 0 bridgehead atoms. The Labute approximate surface area is 182 Å². The predicted molar refractivity (Wildman–Crippen MR) is 118 cm³/mol. The lowest BCUT2D eigenvalue weighted by Gasteiger charge is -2.11. The molecule has 1 atom stereocenters. The Balaban J connectivity index is 1.59. The van der Waals surface area contributed by atoms with E-state index in [9.17, 15) is 9.59 Å². The van der Waals surface area contributed by atoms with Crippen LogP contribution in [0.25, 0.3) is 17.0 Å². The first-order chi connectivity index (χ1) is 13.9. The molecule has 2 aliphatic rings. The van der Waals surface area contributed by atoms with Crippen LogP contribution in [0.15, 0.2) is 34.6 Å². The van der Waals surface area contributed by atoms with Gasteiger partial charge in [0.15, 0.2) is 5.11 Å². The minimum atomic E-state index is -0.180. The third kappa shape index (κ3) is 4.22. The molecule has 0 spiro atoms. The predicted octanol–water partition coefficient (Wildman–Crippen LogP) is 2.39. The van der Waals surface area contributed by atoms with Gasteiger partial charge in [0.1, 0.15) is 12.2 Å². The van der Waals surface area contributed by atoms with Gasteiger partial charge in [-0.1, -0.05) is 15.9 Å². The van der Waals surface area contributed by atoms with Crippen LogP contribution in [0.2, 0.25) is 0 Å². The maximum absolute atomic E-state index is 12.5. The monoisotopic (exact) mass is 476 g/mol. The fourth-order valence-corrected chi connectivity index (χ4v) is 4.12. The lowest BCUT2D eigenvalue weighted by molar-refractivity contribution is -0.122. The highest BCUT2D eigenvalue weighted by molar-refractivity contribution is 9.10. The van der Waals surface area contributed by atoms with Crippen LogP contribution in [-0.2, 0) is 20.9 Å². The number of likely N-dealkylation sites (N-methyl/N-ethyl adjacent to an activating group) is 1. The van der Waals surface area contributed by atoms with E-state index in [4.69, 9.17) is 17.0 Å². The average molecular weight is 477 g/mol. The molecule has 1 unspecified atom stereocenters. The van der Waals surface area contributed by atoms with Gasteiger partial charge in [0.2, 0.25) is 5.91 Å². The SMILES string of the molecule is CN1C(=O)C(=Cc2cn(CC(=O)NCC3CCCO3)c3ccc(Br)cc23)NC1=S. The number of nitrogens with zero attached hydrogens (tertiary/aromatic N) is 2. The van der Waals surface area contributed by atoms with Gasteiger partial charge in [-0.2, -0.15) is 0 Å². The summed E-state index contributed by atoms with van der Waals surface area (Å²) in [6.45, 7) is 1.48. The first kappa shape index (κ1) is 20.1. The van der Waals surface area contributed by atoms with Crippen LogP contribution < -0.4 is 10.6 Å². The molecule has 2 amide bonds. The molecule has 0 saturated carbocycles. The standard InChI is InChI=1S/C20H21BrN4O3S/c1-24-19(27)16(23-20(24)29)7-12-10-25(17-5-4-13(21)8-15(12)17)11-18(26)22-9-14-3-2-6-28-14/h4-5,7-8,10,14H,2-3,6,9,11H2,1H3,(H,22,26)(H,23,29). The van der Waals surface area contributed by atoms with Crippen LogP contribution in [0.4, 0.5) is 0 Å². The third-order valence-corrected chi connectivity index (χ3v) is 5.99. The van der Waals surface area contributed by atoms with E-state index in [-0.39, 0.29) is 24.5 Å². The number of rotatable bonds is 5. The molecule has 0 radical (unpaired) electrons. The molecule has 2 aliphatic heterocycles. The van der Waals surface area contributed by atoms with Crippen LogP contribution in [0.3, 0.4) is 0 Å². The molecule has 7 nitrogen and oxygen atoms in total. The van der Waals surface area contributed by atoms with Gasteiger partial charge in [0, 0.05) is 47.3 Å². The quantitative estimate of drug-likeness (QED) is 0.511. The fraction of sp³-hybridized carbons (Fsp3) is 0.350. The maximum atomic E-state index is 12.5. The first-order valence-electron chi connectivity index (χ1n) is 9.40. The van der Waals surface area contributed by atoms with Gasteiger partial charge >= 0.3 is 0 Å². The number of amides is 2. The molecule has 0 aliphatic carbocycles. The van der Waals surface area contributed by atoms with E-state index in [2.05, 4.69) is 26.6 Å². The molecule has 4 rings (SSSR count). The summed E-state index contributed by atoms with van der Waals surface area (Å²) in [5.74, 6) is -0.254. The zero-order valence-corrected chi connectivity index (χ0v) is 18.3. The summed E-state index contributed by atoms with van der Waals surface area (Å²) in [4.78, 5) is 26.2. The van der Waals surface area contributed by atoms with Gasteiger partial charge in [-0.25, -0.2) is 0 Å². The molecule has 2 fully saturated rings. The van der Waals surface area contributed by atoms with E-state index in [1.807, 2.05) is 29.0 Å². The Kier molecular flexibility index (Phi) is 5.71. The van der Waals surface area contributed by atoms with Crippen LogP contribution >= 0.6 is 28.1 Å². The Bertz CT molecular complexity index is 1030. The molecular formula is C20H21BrN4O3S. The van der Waals surface area contributed by atoms with Crippen molar-refractivity contribution in [2.45, 2.75) is 25.5 Å². The second kappa shape index (κ2) is 8.25. The molecule has 9 heteroatoms. The Morgan fingerprint density at radius 1 is 1.48 bits per heavy atom. The lowest BCUT2D eigenvalue weighted by atomic mass is 10.1. The van der Waals surface area contributed by atoms with Crippen molar-refractivity contribution in [2.24, 2.45) is 0 Å². The zero-order valence-electron chi connectivity index (χ0n) is 15.9. The van der Waals surface area contributed by atoms with Crippen LogP contribution in [0.5, 0.6) is 0 Å². The largest absolute Gasteiger partial charge is 0.376 e. The molecule has 2 aromatic rings. The van der Waals surface area contributed by atoms with Gasteiger partial charge in [-0.05, 0) is 49.3 Å². The number of ether oxygens (including phenoxy) is 1. The highest BCUT2D eigenvalue weighted by Crippen LogP contribution is 2.27. The zero-order chi connectivity index (χ0) is 20.5. The van der Waals surface area contributed by atoms with E-state index in [1.54, 1.807) is 13.1 Å². The van der Waals surface area contributed by atoms with Crippen molar-refractivity contribution < 1.29 is 14.3 Å². The average Bonchev–Trinajstić information content (AvgIpc) is 3.38. The smallest absolute Gasteiger partial charge is 0.276 e. The van der Waals surface area contributed by atoms with Gasteiger partial charge in [-0.15, -0.1) is 0 Å². The maximum Gasteiger partial charge on any atom is 0.276 e. The highest BCUT2D eigenvalue weighted by atomic mass is 79.9. The minimum Gasteiger partial charge on any atom is -0.376 e. The molecular weight excluding hydrogens is 456 g/mol. The van der Waals surface area contributed by atoms with Gasteiger partial charge in [-0.3, -0.25) is 14.5 Å². The van der Waals surface area contributed by atoms with Crippen molar-refractivity contribution in [1.29, 1.82) is 0 Å². The van der Waals surface area contributed by atoms with Crippen molar-refractivity contribution >= 4 is 62.1 Å². The Morgan fingerprint density at radius 2 is 2.31 bits per heavy atom. The van der Waals surface area contributed by atoms with E-state index in [1.165, 1.54) is 4.90 Å². The van der Waals surface area contributed by atoms with Crippen molar-refractivity contribution in [1.82, 2.24) is 20.1 Å². The normalized spacial score (nSPS) is 20.7. The molecule has 2 saturated heterocycles. The number of benzene rings is 1. The topological polar surface area (TPSA) is 75.6 Å².